The molecule has 0 atom stereocenters. The summed E-state index contributed by atoms with van der Waals surface area (Å²) in [7, 11) is 0. The maximum Gasteiger partial charge on any atom is 0.0757 e. The minimum atomic E-state index is 0.690. The fourth-order valence-corrected chi connectivity index (χ4v) is 1.99. The van der Waals surface area contributed by atoms with E-state index in [1.165, 1.54) is 0 Å². The molecule has 3 nitrogen and oxygen atoms in total. The van der Waals surface area contributed by atoms with Crippen LogP contribution in [0, 0.1) is 25.7 Å². The molecule has 0 aliphatic rings. The van der Waals surface area contributed by atoms with Crippen molar-refractivity contribution in [2.75, 3.05) is 6.54 Å². The van der Waals surface area contributed by atoms with Crippen LogP contribution in [0.15, 0.2) is 30.3 Å². The largest absolute Gasteiger partial charge is 0.330 e. The molecule has 0 fully saturated rings. The summed E-state index contributed by atoms with van der Waals surface area (Å²) in [6.45, 7) is 4.75. The maximum absolute atomic E-state index is 5.46. The lowest BCUT2D eigenvalue weighted by Crippen LogP contribution is -1.98. The molecule has 2 aromatic rings. The summed E-state index contributed by atoms with van der Waals surface area (Å²) in [5.41, 5.74) is 9.62. The Morgan fingerprint density at radius 1 is 1.21 bits per heavy atom. The molecule has 0 aliphatic carbocycles. The smallest absolute Gasteiger partial charge is 0.0757 e. The van der Waals surface area contributed by atoms with Crippen LogP contribution in [0.2, 0.25) is 0 Å². The van der Waals surface area contributed by atoms with Gasteiger partial charge in [-0.25, -0.2) is 4.68 Å². The first-order valence-corrected chi connectivity index (χ1v) is 6.54. The number of benzene rings is 1. The van der Waals surface area contributed by atoms with E-state index in [4.69, 9.17) is 5.73 Å². The Bertz CT molecular complexity index is 600. The van der Waals surface area contributed by atoms with E-state index in [2.05, 4.69) is 23.9 Å². The number of aryl methyl sites for hydroxylation is 1. The van der Waals surface area contributed by atoms with Gasteiger partial charge in [-0.1, -0.05) is 30.0 Å². The summed E-state index contributed by atoms with van der Waals surface area (Å²) in [6.07, 6.45) is 1.78. The molecule has 0 saturated heterocycles. The maximum atomic E-state index is 5.46. The Balaban J connectivity index is 2.32. The summed E-state index contributed by atoms with van der Waals surface area (Å²) >= 11 is 0. The van der Waals surface area contributed by atoms with E-state index in [9.17, 15) is 0 Å². The zero-order valence-electron chi connectivity index (χ0n) is 11.5. The molecule has 0 saturated carbocycles. The Morgan fingerprint density at radius 2 is 1.95 bits per heavy atom. The van der Waals surface area contributed by atoms with E-state index in [-0.39, 0.29) is 0 Å². The number of aromatic nitrogens is 2. The monoisotopic (exact) mass is 253 g/mol. The fraction of sp³-hybridized carbons (Fsp3) is 0.312. The molecule has 19 heavy (non-hydrogen) atoms. The highest BCUT2D eigenvalue weighted by Gasteiger charge is 2.10. The molecule has 3 heteroatoms. The van der Waals surface area contributed by atoms with Crippen molar-refractivity contribution in [1.29, 1.82) is 0 Å². The van der Waals surface area contributed by atoms with Crippen LogP contribution in [-0.4, -0.2) is 16.3 Å². The molecule has 98 valence electrons. The number of hydrogen-bond acceptors (Lipinski definition) is 2. The van der Waals surface area contributed by atoms with Crippen molar-refractivity contribution in [3.63, 3.8) is 0 Å². The van der Waals surface area contributed by atoms with Crippen molar-refractivity contribution in [2.45, 2.75) is 26.7 Å². The standard InChI is InChI=1S/C16H19N3/c1-13-16(11-7-4-8-12-17)14(2)19(18-13)15-9-5-3-6-10-15/h3,5-6,9-10H,4,8,12,17H2,1-2H3. The van der Waals surface area contributed by atoms with Crippen LogP contribution >= 0.6 is 0 Å². The summed E-state index contributed by atoms with van der Waals surface area (Å²) in [6, 6.07) is 10.1. The topological polar surface area (TPSA) is 43.8 Å². The molecular weight excluding hydrogens is 234 g/mol. The van der Waals surface area contributed by atoms with Gasteiger partial charge in [0.05, 0.1) is 22.6 Å². The quantitative estimate of drug-likeness (QED) is 0.675. The zero-order chi connectivity index (χ0) is 13.7. The Morgan fingerprint density at radius 3 is 2.63 bits per heavy atom. The molecular formula is C16H19N3. The fourth-order valence-electron chi connectivity index (χ4n) is 1.99. The molecule has 1 aromatic carbocycles. The highest BCUT2D eigenvalue weighted by Crippen LogP contribution is 2.16. The van der Waals surface area contributed by atoms with Crippen molar-refractivity contribution < 1.29 is 0 Å². The Labute approximate surface area is 114 Å². The molecule has 2 N–H and O–H groups in total. The molecule has 1 aromatic heterocycles. The third-order valence-electron chi connectivity index (χ3n) is 3.01. The summed E-state index contributed by atoms with van der Waals surface area (Å²) in [4.78, 5) is 0. The van der Waals surface area contributed by atoms with Crippen LogP contribution in [0.3, 0.4) is 0 Å². The van der Waals surface area contributed by atoms with Crippen LogP contribution in [0.1, 0.15) is 29.8 Å². The molecule has 0 bridgehead atoms. The van der Waals surface area contributed by atoms with Gasteiger partial charge < -0.3 is 5.73 Å². The molecule has 1 heterocycles. The Hall–Kier alpha value is -2.05. The van der Waals surface area contributed by atoms with Crippen LogP contribution in [0.5, 0.6) is 0 Å². The second-order valence-corrected chi connectivity index (χ2v) is 4.49. The summed E-state index contributed by atoms with van der Waals surface area (Å²) < 4.78 is 1.95. The number of hydrogen-bond donors (Lipinski definition) is 1. The number of para-hydroxylation sites is 1. The molecule has 0 amide bonds. The van der Waals surface area contributed by atoms with Crippen molar-refractivity contribution >= 4 is 0 Å². The zero-order valence-corrected chi connectivity index (χ0v) is 11.5. The van der Waals surface area contributed by atoms with Gasteiger partial charge in [-0.05, 0) is 38.9 Å². The minimum absolute atomic E-state index is 0.690. The first-order chi connectivity index (χ1) is 9.24. The van der Waals surface area contributed by atoms with Gasteiger partial charge in [0.1, 0.15) is 0 Å². The second-order valence-electron chi connectivity index (χ2n) is 4.49. The number of rotatable bonds is 3. The third kappa shape index (κ3) is 3.04. The lowest BCUT2D eigenvalue weighted by atomic mass is 10.2. The van der Waals surface area contributed by atoms with Gasteiger partial charge >= 0.3 is 0 Å². The van der Waals surface area contributed by atoms with Crippen molar-refractivity contribution in [2.24, 2.45) is 5.73 Å². The van der Waals surface area contributed by atoms with Gasteiger partial charge in [0.2, 0.25) is 0 Å². The van der Waals surface area contributed by atoms with Gasteiger partial charge in [-0.3, -0.25) is 0 Å². The van der Waals surface area contributed by atoms with Gasteiger partial charge in [0, 0.05) is 6.42 Å². The van der Waals surface area contributed by atoms with Crippen LogP contribution in [0.25, 0.3) is 5.69 Å². The average molecular weight is 253 g/mol. The molecule has 0 radical (unpaired) electrons. The van der Waals surface area contributed by atoms with Crippen molar-refractivity contribution in [3.8, 4) is 17.5 Å². The molecule has 0 aliphatic heterocycles. The lowest BCUT2D eigenvalue weighted by Gasteiger charge is -2.03. The number of nitrogens with two attached hydrogens (primary N) is 1. The SMILES string of the molecule is Cc1nn(-c2ccccc2)c(C)c1C#CCCCN. The number of unbranched alkanes of at least 4 members (excludes halogenated alkanes) is 1. The minimum Gasteiger partial charge on any atom is -0.330 e. The predicted molar refractivity (Wildman–Crippen MR) is 78.2 cm³/mol. The van der Waals surface area contributed by atoms with E-state index in [0.717, 1.165) is 35.5 Å². The first-order valence-electron chi connectivity index (χ1n) is 6.54. The third-order valence-corrected chi connectivity index (χ3v) is 3.01. The van der Waals surface area contributed by atoms with Crippen molar-refractivity contribution in [1.82, 2.24) is 9.78 Å². The lowest BCUT2D eigenvalue weighted by molar-refractivity contribution is 0.833. The normalized spacial score (nSPS) is 10.1. The van der Waals surface area contributed by atoms with Gasteiger partial charge in [-0.2, -0.15) is 5.10 Å². The highest BCUT2D eigenvalue weighted by atomic mass is 15.3. The van der Waals surface area contributed by atoms with Gasteiger partial charge in [0.15, 0.2) is 0 Å². The molecule has 0 spiro atoms. The van der Waals surface area contributed by atoms with E-state index >= 15 is 0 Å². The summed E-state index contributed by atoms with van der Waals surface area (Å²) in [5.74, 6) is 6.38. The summed E-state index contributed by atoms with van der Waals surface area (Å²) in [5, 5.41) is 4.57. The van der Waals surface area contributed by atoms with Crippen LogP contribution < -0.4 is 5.73 Å². The van der Waals surface area contributed by atoms with Crippen LogP contribution in [-0.2, 0) is 0 Å². The molecule has 0 unspecified atom stereocenters. The van der Waals surface area contributed by atoms with Gasteiger partial charge in [0.25, 0.3) is 0 Å². The second kappa shape index (κ2) is 6.21. The van der Waals surface area contributed by atoms with Crippen molar-refractivity contribution in [3.05, 3.63) is 47.3 Å². The average Bonchev–Trinajstić information content (AvgIpc) is 2.72. The van der Waals surface area contributed by atoms with Crippen LogP contribution in [0.4, 0.5) is 0 Å². The van der Waals surface area contributed by atoms with E-state index in [1.807, 2.05) is 41.9 Å². The number of nitrogens with zero attached hydrogens (tertiary/aromatic N) is 2. The van der Waals surface area contributed by atoms with E-state index < -0.39 is 0 Å². The predicted octanol–water partition coefficient (Wildman–Crippen LogP) is 2.58. The van der Waals surface area contributed by atoms with E-state index in [0.29, 0.717) is 6.54 Å². The van der Waals surface area contributed by atoms with Gasteiger partial charge in [-0.15, -0.1) is 0 Å². The first kappa shape index (κ1) is 13.4. The van der Waals surface area contributed by atoms with E-state index in [1.54, 1.807) is 0 Å². The Kier molecular flexibility index (Phi) is 4.38. The highest BCUT2D eigenvalue weighted by molar-refractivity contribution is 5.45. The molecule has 2 rings (SSSR count).